The highest BCUT2D eigenvalue weighted by Crippen LogP contribution is 2.45. The lowest BCUT2D eigenvalue weighted by atomic mass is 9.84. The maximum absolute atomic E-state index is 12.4. The second kappa shape index (κ2) is 9.08. The number of aliphatic hydroxyl groups excluding tert-OH is 3. The average molecular weight is 432 g/mol. The van der Waals surface area contributed by atoms with E-state index in [0.717, 1.165) is 0 Å². The molecule has 0 saturated carbocycles. The molecule has 2 aliphatic heterocycles. The van der Waals surface area contributed by atoms with Crippen molar-refractivity contribution in [3.8, 4) is 0 Å². The van der Waals surface area contributed by atoms with E-state index in [2.05, 4.69) is 0 Å². The van der Waals surface area contributed by atoms with Gasteiger partial charge in [0.15, 0.2) is 0 Å². The van der Waals surface area contributed by atoms with Crippen LogP contribution in [0.25, 0.3) is 0 Å². The molecular weight excluding hydrogens is 394 g/mol. The molecule has 0 radical (unpaired) electrons. The van der Waals surface area contributed by atoms with Gasteiger partial charge in [-0.2, -0.15) is 5.06 Å². The molecule has 0 aromatic rings. The number of aliphatic hydroxyl groups is 3. The summed E-state index contributed by atoms with van der Waals surface area (Å²) in [6.07, 6.45) is -1.25. The minimum Gasteiger partial charge on any atom is -0.463 e. The molecule has 0 aliphatic carbocycles. The molecule has 30 heavy (non-hydrogen) atoms. The SMILES string of the molecule is CC(C)(C)C(=O)OCC1(COC(=O)C(C)(C)C)C[C@@H]2C[C@@H](C[C@H](O)[C@H](O)CO)N1O2. The number of hydroxylamine groups is 2. The predicted octanol–water partition coefficient (Wildman–Crippen LogP) is 0.786. The van der Waals surface area contributed by atoms with Gasteiger partial charge in [-0.25, -0.2) is 0 Å². The molecule has 0 aromatic carbocycles. The molecule has 3 N–H and O–H groups in total. The number of piperidine rings is 1. The summed E-state index contributed by atoms with van der Waals surface area (Å²) in [4.78, 5) is 30.7. The minimum absolute atomic E-state index is 0.0217. The van der Waals surface area contributed by atoms with Gasteiger partial charge in [-0.3, -0.25) is 14.4 Å². The van der Waals surface area contributed by atoms with Crippen LogP contribution in [0.3, 0.4) is 0 Å². The number of fused-ring (bicyclic) bond motifs is 2. The van der Waals surface area contributed by atoms with Gasteiger partial charge in [0.2, 0.25) is 0 Å². The zero-order valence-corrected chi connectivity index (χ0v) is 18.9. The van der Waals surface area contributed by atoms with E-state index in [-0.39, 0.29) is 43.7 Å². The van der Waals surface area contributed by atoms with E-state index in [1.54, 1.807) is 46.6 Å². The topological polar surface area (TPSA) is 126 Å². The highest BCUT2D eigenvalue weighted by Gasteiger charge is 2.58. The first kappa shape index (κ1) is 25.0. The van der Waals surface area contributed by atoms with Crippen molar-refractivity contribution in [3.63, 3.8) is 0 Å². The maximum Gasteiger partial charge on any atom is 0.311 e. The summed E-state index contributed by atoms with van der Waals surface area (Å²) >= 11 is 0. The van der Waals surface area contributed by atoms with Crippen molar-refractivity contribution in [3.05, 3.63) is 0 Å². The van der Waals surface area contributed by atoms with Crippen molar-refractivity contribution < 1.29 is 39.2 Å². The van der Waals surface area contributed by atoms with Gasteiger partial charge >= 0.3 is 11.9 Å². The van der Waals surface area contributed by atoms with Crippen LogP contribution in [0, 0.1) is 10.8 Å². The molecule has 9 nitrogen and oxygen atoms in total. The van der Waals surface area contributed by atoms with Crippen molar-refractivity contribution >= 4 is 11.9 Å². The number of esters is 2. The lowest BCUT2D eigenvalue weighted by Crippen LogP contribution is -2.57. The first-order valence-electron chi connectivity index (χ1n) is 10.5. The summed E-state index contributed by atoms with van der Waals surface area (Å²) in [5.74, 6) is -0.749. The fourth-order valence-corrected chi connectivity index (χ4v) is 3.69. The number of rotatable bonds is 8. The molecule has 0 spiro atoms. The number of hydrogen-bond acceptors (Lipinski definition) is 9. The summed E-state index contributed by atoms with van der Waals surface area (Å²) in [6.45, 7) is 9.96. The highest BCUT2D eigenvalue weighted by molar-refractivity contribution is 5.76. The third-order valence-electron chi connectivity index (χ3n) is 5.52. The van der Waals surface area contributed by atoms with Crippen LogP contribution in [0.2, 0.25) is 0 Å². The Kier molecular flexibility index (Phi) is 7.57. The van der Waals surface area contributed by atoms with Crippen LogP contribution in [-0.2, 0) is 23.9 Å². The van der Waals surface area contributed by atoms with Gasteiger partial charge in [0, 0.05) is 12.5 Å². The molecule has 0 amide bonds. The van der Waals surface area contributed by atoms with Crippen LogP contribution >= 0.6 is 0 Å². The Balaban J connectivity index is 2.18. The third-order valence-corrected chi connectivity index (χ3v) is 5.52. The fraction of sp³-hybridized carbons (Fsp3) is 0.905. The zero-order valence-electron chi connectivity index (χ0n) is 18.9. The quantitative estimate of drug-likeness (QED) is 0.478. The highest BCUT2D eigenvalue weighted by atomic mass is 16.7. The first-order chi connectivity index (χ1) is 13.7. The van der Waals surface area contributed by atoms with Gasteiger partial charge in [0.25, 0.3) is 0 Å². The standard InChI is InChI=1S/C21H37NO8/c1-19(2,3)17(26)28-11-21(12-29-18(27)20(4,5)6)9-14-7-13(22(21)30-14)8-15(24)16(25)10-23/h13-16,23-25H,7-12H2,1-6H3/t13-,14-,15-,16+/m0/s1. The molecule has 2 bridgehead atoms. The van der Waals surface area contributed by atoms with Crippen LogP contribution in [0.5, 0.6) is 0 Å². The van der Waals surface area contributed by atoms with Crippen molar-refractivity contribution in [2.75, 3.05) is 19.8 Å². The number of nitrogens with zero attached hydrogens (tertiary/aromatic N) is 1. The molecule has 5 atom stereocenters. The number of carbonyl (C=O) groups is 2. The Bertz CT molecular complexity index is 593. The first-order valence-corrected chi connectivity index (χ1v) is 10.5. The summed E-state index contributed by atoms with van der Waals surface area (Å²) in [7, 11) is 0. The lowest BCUT2D eigenvalue weighted by molar-refractivity contribution is -0.207. The van der Waals surface area contributed by atoms with Crippen LogP contribution < -0.4 is 0 Å². The number of ether oxygens (including phenoxy) is 2. The molecule has 2 saturated heterocycles. The second-order valence-corrected chi connectivity index (χ2v) is 10.6. The zero-order chi connectivity index (χ0) is 22.9. The molecular formula is C21H37NO8. The van der Waals surface area contributed by atoms with Crippen molar-refractivity contribution in [2.45, 2.75) is 90.7 Å². The minimum atomic E-state index is -1.25. The van der Waals surface area contributed by atoms with Crippen LogP contribution in [0.1, 0.15) is 60.8 Å². The Morgan fingerprint density at radius 1 is 1.03 bits per heavy atom. The van der Waals surface area contributed by atoms with E-state index >= 15 is 0 Å². The van der Waals surface area contributed by atoms with E-state index in [1.165, 1.54) is 0 Å². The lowest BCUT2D eigenvalue weighted by Gasteiger charge is -2.41. The van der Waals surface area contributed by atoms with Crippen molar-refractivity contribution in [2.24, 2.45) is 10.8 Å². The predicted molar refractivity (Wildman–Crippen MR) is 107 cm³/mol. The van der Waals surface area contributed by atoms with Gasteiger partial charge in [-0.05, 0) is 54.4 Å². The molecule has 174 valence electrons. The Labute approximate surface area is 178 Å². The van der Waals surface area contributed by atoms with Gasteiger partial charge in [0.05, 0.1) is 29.6 Å². The molecule has 2 aliphatic rings. The Hall–Kier alpha value is -1.26. The van der Waals surface area contributed by atoms with Gasteiger partial charge < -0.3 is 24.8 Å². The summed E-state index contributed by atoms with van der Waals surface area (Å²) in [6, 6.07) is -0.276. The summed E-state index contributed by atoms with van der Waals surface area (Å²) < 4.78 is 11.2. The van der Waals surface area contributed by atoms with Gasteiger partial charge in [0.1, 0.15) is 24.9 Å². The summed E-state index contributed by atoms with van der Waals surface area (Å²) in [5.41, 5.74) is -2.24. The van der Waals surface area contributed by atoms with E-state index in [1.807, 2.05) is 0 Å². The molecule has 2 heterocycles. The van der Waals surface area contributed by atoms with E-state index in [0.29, 0.717) is 12.8 Å². The van der Waals surface area contributed by atoms with Crippen molar-refractivity contribution in [1.82, 2.24) is 5.06 Å². The normalized spacial score (nSPS) is 27.6. The van der Waals surface area contributed by atoms with Crippen molar-refractivity contribution in [1.29, 1.82) is 0 Å². The Morgan fingerprint density at radius 2 is 1.53 bits per heavy atom. The van der Waals surface area contributed by atoms with E-state index < -0.39 is 35.2 Å². The van der Waals surface area contributed by atoms with Crippen LogP contribution in [0.15, 0.2) is 0 Å². The number of carbonyl (C=O) groups excluding carboxylic acids is 2. The molecule has 2 fully saturated rings. The second-order valence-electron chi connectivity index (χ2n) is 10.6. The van der Waals surface area contributed by atoms with Crippen LogP contribution in [-0.4, -0.2) is 82.0 Å². The Morgan fingerprint density at radius 3 is 1.93 bits per heavy atom. The number of hydrogen-bond donors (Lipinski definition) is 3. The maximum atomic E-state index is 12.4. The monoisotopic (exact) mass is 431 g/mol. The third kappa shape index (κ3) is 5.70. The molecule has 0 aromatic heterocycles. The molecule has 1 unspecified atom stereocenters. The average Bonchev–Trinajstić information content (AvgIpc) is 3.19. The van der Waals surface area contributed by atoms with E-state index in [9.17, 15) is 19.8 Å². The summed E-state index contributed by atoms with van der Waals surface area (Å²) in [5, 5.41) is 30.6. The van der Waals surface area contributed by atoms with Gasteiger partial charge in [-0.15, -0.1) is 0 Å². The van der Waals surface area contributed by atoms with Crippen LogP contribution in [0.4, 0.5) is 0 Å². The molecule has 9 heteroatoms. The van der Waals surface area contributed by atoms with Gasteiger partial charge in [-0.1, -0.05) is 0 Å². The fourth-order valence-electron chi connectivity index (χ4n) is 3.69. The molecule has 2 rings (SSSR count). The van der Waals surface area contributed by atoms with E-state index in [4.69, 9.17) is 19.4 Å². The smallest absolute Gasteiger partial charge is 0.311 e. The largest absolute Gasteiger partial charge is 0.463 e.